The number of amides is 1. The fraction of sp³-hybridized carbons (Fsp3) is 0.316. The van der Waals surface area contributed by atoms with E-state index in [1.54, 1.807) is 29.2 Å². The summed E-state index contributed by atoms with van der Waals surface area (Å²) in [6.07, 6.45) is 1.08. The number of hydrogen-bond acceptors (Lipinski definition) is 4. The van der Waals surface area contributed by atoms with E-state index in [0.29, 0.717) is 24.3 Å². The van der Waals surface area contributed by atoms with Crippen molar-refractivity contribution in [3.05, 3.63) is 59.7 Å². The van der Waals surface area contributed by atoms with Gasteiger partial charge in [-0.25, -0.2) is 8.42 Å². The lowest BCUT2D eigenvalue weighted by molar-refractivity contribution is 0.0748. The van der Waals surface area contributed by atoms with E-state index in [0.717, 1.165) is 25.0 Å². The molecule has 2 aromatic carbocycles. The zero-order chi connectivity index (χ0) is 18.7. The van der Waals surface area contributed by atoms with Gasteiger partial charge in [0.15, 0.2) is 0 Å². The van der Waals surface area contributed by atoms with E-state index in [4.69, 9.17) is 0 Å². The summed E-state index contributed by atoms with van der Waals surface area (Å²) in [5, 5.41) is 0. The highest BCUT2D eigenvalue weighted by atomic mass is 32.2. The Labute approximate surface area is 154 Å². The molecule has 1 N–H and O–H groups in total. The highest BCUT2D eigenvalue weighted by Crippen LogP contribution is 2.21. The molecule has 7 heteroatoms. The topological polar surface area (TPSA) is 69.7 Å². The number of rotatable bonds is 4. The highest BCUT2D eigenvalue weighted by Gasteiger charge is 2.24. The van der Waals surface area contributed by atoms with E-state index < -0.39 is 10.0 Å². The molecular formula is C19H23N3O3S. The van der Waals surface area contributed by atoms with Gasteiger partial charge in [0.1, 0.15) is 0 Å². The van der Waals surface area contributed by atoms with E-state index in [1.165, 1.54) is 5.56 Å². The first kappa shape index (κ1) is 18.3. The van der Waals surface area contributed by atoms with Crippen LogP contribution in [0.25, 0.3) is 0 Å². The second-order valence-corrected chi connectivity index (χ2v) is 8.29. The number of carbonyl (C=O) groups excluding carboxylic acids is 1. The fourth-order valence-electron chi connectivity index (χ4n) is 3.12. The van der Waals surface area contributed by atoms with Gasteiger partial charge in [0.25, 0.3) is 5.91 Å². The summed E-state index contributed by atoms with van der Waals surface area (Å²) in [7, 11) is -3.44. The Morgan fingerprint density at radius 1 is 1.00 bits per heavy atom. The first-order valence-electron chi connectivity index (χ1n) is 8.51. The minimum Gasteiger partial charge on any atom is -0.368 e. The zero-order valence-corrected chi connectivity index (χ0v) is 15.8. The maximum Gasteiger partial charge on any atom is 0.256 e. The van der Waals surface area contributed by atoms with Gasteiger partial charge >= 0.3 is 0 Å². The SMILES string of the molecule is Cc1cccc(N2CCN(C(=O)c3ccccc3NS(C)(=O)=O)CC2)c1. The Morgan fingerprint density at radius 3 is 2.35 bits per heavy atom. The number of para-hydroxylation sites is 1. The first-order valence-corrected chi connectivity index (χ1v) is 10.4. The molecule has 1 amide bonds. The van der Waals surface area contributed by atoms with Crippen molar-refractivity contribution >= 4 is 27.3 Å². The van der Waals surface area contributed by atoms with Gasteiger partial charge in [-0.3, -0.25) is 9.52 Å². The summed E-state index contributed by atoms with van der Waals surface area (Å²) in [6.45, 7) is 4.75. The van der Waals surface area contributed by atoms with Crippen molar-refractivity contribution in [3.63, 3.8) is 0 Å². The monoisotopic (exact) mass is 373 g/mol. The summed E-state index contributed by atoms with van der Waals surface area (Å²) >= 11 is 0. The van der Waals surface area contributed by atoms with Crippen LogP contribution in [0.3, 0.4) is 0 Å². The quantitative estimate of drug-likeness (QED) is 0.893. The van der Waals surface area contributed by atoms with Crippen LogP contribution in [0.5, 0.6) is 0 Å². The third kappa shape index (κ3) is 4.35. The number of nitrogens with zero attached hydrogens (tertiary/aromatic N) is 2. The summed E-state index contributed by atoms with van der Waals surface area (Å²) in [6, 6.07) is 15.0. The third-order valence-corrected chi connectivity index (χ3v) is 4.98. The molecule has 0 radical (unpaired) electrons. The summed E-state index contributed by atoms with van der Waals surface area (Å²) in [5.41, 5.74) is 3.07. The number of sulfonamides is 1. The average Bonchev–Trinajstić information content (AvgIpc) is 2.60. The molecule has 0 aromatic heterocycles. The highest BCUT2D eigenvalue weighted by molar-refractivity contribution is 7.92. The Kier molecular flexibility index (Phi) is 5.18. The van der Waals surface area contributed by atoms with Crippen molar-refractivity contribution < 1.29 is 13.2 Å². The summed E-state index contributed by atoms with van der Waals surface area (Å²) in [5.74, 6) is -0.152. The van der Waals surface area contributed by atoms with Crippen molar-refractivity contribution in [1.29, 1.82) is 0 Å². The van der Waals surface area contributed by atoms with Gasteiger partial charge in [0.05, 0.1) is 17.5 Å². The second-order valence-electron chi connectivity index (χ2n) is 6.54. The van der Waals surface area contributed by atoms with E-state index in [1.807, 2.05) is 6.07 Å². The van der Waals surface area contributed by atoms with Crippen LogP contribution in [0.4, 0.5) is 11.4 Å². The van der Waals surface area contributed by atoms with Gasteiger partial charge in [-0.1, -0.05) is 24.3 Å². The molecule has 3 rings (SSSR count). The number of aryl methyl sites for hydroxylation is 1. The van der Waals surface area contributed by atoms with Crippen LogP contribution in [-0.4, -0.2) is 51.7 Å². The predicted molar refractivity (Wildman–Crippen MR) is 104 cm³/mol. The molecule has 1 heterocycles. The molecule has 26 heavy (non-hydrogen) atoms. The normalized spacial score (nSPS) is 15.0. The number of benzene rings is 2. The minimum absolute atomic E-state index is 0.152. The van der Waals surface area contributed by atoms with Crippen LogP contribution < -0.4 is 9.62 Å². The average molecular weight is 373 g/mol. The van der Waals surface area contributed by atoms with Crippen LogP contribution >= 0.6 is 0 Å². The van der Waals surface area contributed by atoms with Crippen LogP contribution in [-0.2, 0) is 10.0 Å². The molecule has 2 aromatic rings. The molecule has 0 unspecified atom stereocenters. The van der Waals surface area contributed by atoms with E-state index in [9.17, 15) is 13.2 Å². The molecule has 0 bridgehead atoms. The van der Waals surface area contributed by atoms with Crippen LogP contribution in [0.2, 0.25) is 0 Å². The Balaban J connectivity index is 1.71. The van der Waals surface area contributed by atoms with E-state index in [2.05, 4.69) is 34.7 Å². The zero-order valence-electron chi connectivity index (χ0n) is 15.0. The summed E-state index contributed by atoms with van der Waals surface area (Å²) in [4.78, 5) is 16.9. The molecule has 0 aliphatic carbocycles. The molecule has 0 saturated carbocycles. The van der Waals surface area contributed by atoms with E-state index in [-0.39, 0.29) is 5.91 Å². The molecular weight excluding hydrogens is 350 g/mol. The van der Waals surface area contributed by atoms with Crippen LogP contribution in [0.15, 0.2) is 48.5 Å². The second kappa shape index (κ2) is 7.37. The molecule has 1 aliphatic heterocycles. The number of nitrogens with one attached hydrogen (secondary N) is 1. The molecule has 0 atom stereocenters. The lowest BCUT2D eigenvalue weighted by atomic mass is 10.1. The lowest BCUT2D eigenvalue weighted by Crippen LogP contribution is -2.49. The van der Waals surface area contributed by atoms with Gasteiger partial charge in [0, 0.05) is 31.9 Å². The number of piperazine rings is 1. The standard InChI is InChI=1S/C19H23N3O3S/c1-15-6-5-7-16(14-15)21-10-12-22(13-11-21)19(23)17-8-3-4-9-18(17)20-26(2,24)25/h3-9,14,20H,10-13H2,1-2H3. The minimum atomic E-state index is -3.44. The first-order chi connectivity index (χ1) is 12.3. The van der Waals surface area contributed by atoms with Crippen molar-refractivity contribution in [1.82, 2.24) is 4.90 Å². The molecule has 0 spiro atoms. The molecule has 1 fully saturated rings. The largest absolute Gasteiger partial charge is 0.368 e. The van der Waals surface area contributed by atoms with Gasteiger partial charge < -0.3 is 9.80 Å². The fourth-order valence-corrected chi connectivity index (χ4v) is 3.70. The predicted octanol–water partition coefficient (Wildman–Crippen LogP) is 2.33. The number of carbonyl (C=O) groups is 1. The van der Waals surface area contributed by atoms with Crippen molar-refractivity contribution in [2.75, 3.05) is 42.1 Å². The van der Waals surface area contributed by atoms with Gasteiger partial charge in [0.2, 0.25) is 10.0 Å². The molecule has 1 aliphatic rings. The number of anilines is 2. The molecule has 1 saturated heterocycles. The van der Waals surface area contributed by atoms with Crippen LogP contribution in [0, 0.1) is 6.92 Å². The van der Waals surface area contributed by atoms with Crippen molar-refractivity contribution in [2.24, 2.45) is 0 Å². The Bertz CT molecular complexity index is 904. The van der Waals surface area contributed by atoms with Gasteiger partial charge in [-0.2, -0.15) is 0 Å². The van der Waals surface area contributed by atoms with Gasteiger partial charge in [-0.05, 0) is 36.8 Å². The Morgan fingerprint density at radius 2 is 1.69 bits per heavy atom. The smallest absolute Gasteiger partial charge is 0.256 e. The van der Waals surface area contributed by atoms with E-state index >= 15 is 0 Å². The number of hydrogen-bond donors (Lipinski definition) is 1. The van der Waals surface area contributed by atoms with Gasteiger partial charge in [-0.15, -0.1) is 0 Å². The lowest BCUT2D eigenvalue weighted by Gasteiger charge is -2.36. The van der Waals surface area contributed by atoms with Crippen molar-refractivity contribution in [2.45, 2.75) is 6.92 Å². The molecule has 138 valence electrons. The van der Waals surface area contributed by atoms with Crippen molar-refractivity contribution in [3.8, 4) is 0 Å². The maximum atomic E-state index is 12.9. The Hall–Kier alpha value is -2.54. The molecule has 6 nitrogen and oxygen atoms in total. The maximum absolute atomic E-state index is 12.9. The third-order valence-electron chi connectivity index (χ3n) is 4.39. The summed E-state index contributed by atoms with van der Waals surface area (Å²) < 4.78 is 25.5. The van der Waals surface area contributed by atoms with Crippen LogP contribution in [0.1, 0.15) is 15.9 Å².